The van der Waals surface area contributed by atoms with E-state index in [1.54, 1.807) is 11.3 Å². The lowest BCUT2D eigenvalue weighted by Crippen LogP contribution is -2.21. The maximum Gasteiger partial charge on any atom is 0.227 e. The smallest absolute Gasteiger partial charge is 0.227 e. The van der Waals surface area contributed by atoms with Crippen molar-refractivity contribution in [2.45, 2.75) is 26.3 Å². The number of hydrogen-bond acceptors (Lipinski definition) is 6. The fourth-order valence-electron chi connectivity index (χ4n) is 1.38. The Hall–Kier alpha value is -1.27. The molecule has 1 unspecified atom stereocenters. The molecule has 0 aliphatic carbocycles. The highest BCUT2D eigenvalue weighted by Gasteiger charge is 2.07. The first-order valence-electron chi connectivity index (χ1n) is 5.16. The molecule has 0 aliphatic heterocycles. The number of aromatic nitrogens is 3. The topological polar surface area (TPSA) is 63.8 Å². The van der Waals surface area contributed by atoms with E-state index in [1.807, 2.05) is 12.4 Å². The Morgan fingerprint density at radius 3 is 3.06 bits per heavy atom. The van der Waals surface area contributed by atoms with Gasteiger partial charge in [0.1, 0.15) is 0 Å². The van der Waals surface area contributed by atoms with E-state index < -0.39 is 0 Å². The summed E-state index contributed by atoms with van der Waals surface area (Å²) in [7, 11) is 0. The minimum absolute atomic E-state index is 0.260. The number of hydrogen-bond donors (Lipinski definition) is 1. The zero-order valence-corrected chi connectivity index (χ0v) is 10.1. The Bertz CT molecular complexity index is 426. The number of nitrogens with zero attached hydrogens (tertiary/aromatic N) is 3. The molecule has 5 nitrogen and oxygen atoms in total. The lowest BCUT2D eigenvalue weighted by Gasteiger charge is -2.09. The predicted molar refractivity (Wildman–Crippen MR) is 61.3 cm³/mol. The number of nitrogens with one attached hydrogen (secondary N) is 1. The van der Waals surface area contributed by atoms with Gasteiger partial charge in [-0.2, -0.15) is 4.98 Å². The molecule has 0 saturated heterocycles. The molecule has 0 amide bonds. The van der Waals surface area contributed by atoms with Gasteiger partial charge in [0, 0.05) is 24.4 Å². The Morgan fingerprint density at radius 1 is 1.56 bits per heavy atom. The standard InChI is InChI=1S/C10H14N4OS/c1-7(9-5-16-6-12-9)11-4-3-10-13-8(2)14-15-10/h5-7,11H,3-4H2,1-2H3. The number of thiazole rings is 1. The molecule has 86 valence electrons. The van der Waals surface area contributed by atoms with Gasteiger partial charge in [0.05, 0.1) is 11.2 Å². The minimum atomic E-state index is 0.260. The summed E-state index contributed by atoms with van der Waals surface area (Å²) < 4.78 is 5.02. The molecular weight excluding hydrogens is 224 g/mol. The summed E-state index contributed by atoms with van der Waals surface area (Å²) in [5.41, 5.74) is 2.92. The molecule has 2 aromatic heterocycles. The van der Waals surface area contributed by atoms with Gasteiger partial charge in [0.2, 0.25) is 5.89 Å². The highest BCUT2D eigenvalue weighted by Crippen LogP contribution is 2.11. The lowest BCUT2D eigenvalue weighted by molar-refractivity contribution is 0.370. The second-order valence-electron chi connectivity index (χ2n) is 3.57. The summed E-state index contributed by atoms with van der Waals surface area (Å²) >= 11 is 1.61. The molecule has 2 rings (SSSR count). The largest absolute Gasteiger partial charge is 0.339 e. The van der Waals surface area contributed by atoms with E-state index in [9.17, 15) is 0 Å². The lowest BCUT2D eigenvalue weighted by atomic mass is 10.2. The molecule has 2 heterocycles. The maximum absolute atomic E-state index is 5.02. The highest BCUT2D eigenvalue weighted by atomic mass is 32.1. The first kappa shape index (κ1) is 11.2. The summed E-state index contributed by atoms with van der Waals surface area (Å²) in [5, 5.41) is 9.15. The molecule has 0 fully saturated rings. The zero-order chi connectivity index (χ0) is 11.4. The average Bonchev–Trinajstić information content (AvgIpc) is 2.89. The molecule has 0 bridgehead atoms. The van der Waals surface area contributed by atoms with Gasteiger partial charge in [0.15, 0.2) is 5.82 Å². The third kappa shape index (κ3) is 2.86. The molecule has 0 saturated carbocycles. The van der Waals surface area contributed by atoms with Crippen molar-refractivity contribution >= 4 is 11.3 Å². The van der Waals surface area contributed by atoms with E-state index >= 15 is 0 Å². The second kappa shape index (κ2) is 5.18. The van der Waals surface area contributed by atoms with Crippen LogP contribution in [0.15, 0.2) is 15.4 Å². The van der Waals surface area contributed by atoms with Crippen molar-refractivity contribution in [2.24, 2.45) is 0 Å². The fraction of sp³-hybridized carbons (Fsp3) is 0.500. The van der Waals surface area contributed by atoms with Crippen molar-refractivity contribution in [3.05, 3.63) is 28.3 Å². The maximum atomic E-state index is 5.02. The quantitative estimate of drug-likeness (QED) is 0.859. The van der Waals surface area contributed by atoms with E-state index in [1.165, 1.54) is 0 Å². The van der Waals surface area contributed by atoms with Gasteiger partial charge in [-0.05, 0) is 13.8 Å². The Morgan fingerprint density at radius 2 is 2.44 bits per heavy atom. The molecule has 1 N–H and O–H groups in total. The molecule has 0 aromatic carbocycles. The van der Waals surface area contributed by atoms with Crippen LogP contribution in [0, 0.1) is 6.92 Å². The highest BCUT2D eigenvalue weighted by molar-refractivity contribution is 7.07. The van der Waals surface area contributed by atoms with Crippen LogP contribution in [-0.2, 0) is 6.42 Å². The molecule has 2 aromatic rings. The molecular formula is C10H14N4OS. The Kier molecular flexibility index (Phi) is 3.63. The van der Waals surface area contributed by atoms with Crippen molar-refractivity contribution in [3.8, 4) is 0 Å². The van der Waals surface area contributed by atoms with Crippen LogP contribution in [0.5, 0.6) is 0 Å². The van der Waals surface area contributed by atoms with Gasteiger partial charge in [-0.25, -0.2) is 4.98 Å². The minimum Gasteiger partial charge on any atom is -0.339 e. The van der Waals surface area contributed by atoms with Gasteiger partial charge in [0.25, 0.3) is 0 Å². The summed E-state index contributed by atoms with van der Waals surface area (Å²) in [6.07, 6.45) is 0.745. The van der Waals surface area contributed by atoms with Crippen LogP contribution in [0.25, 0.3) is 0 Å². The monoisotopic (exact) mass is 238 g/mol. The Labute approximate surface area is 97.9 Å². The van der Waals surface area contributed by atoms with E-state index in [0.717, 1.165) is 18.7 Å². The van der Waals surface area contributed by atoms with Crippen LogP contribution < -0.4 is 5.32 Å². The van der Waals surface area contributed by atoms with Crippen LogP contribution in [0.2, 0.25) is 0 Å². The fourth-order valence-corrected chi connectivity index (χ4v) is 2.03. The Balaban J connectivity index is 1.76. The van der Waals surface area contributed by atoms with Crippen molar-refractivity contribution in [3.63, 3.8) is 0 Å². The summed E-state index contributed by atoms with van der Waals surface area (Å²) in [6, 6.07) is 0.260. The van der Waals surface area contributed by atoms with Gasteiger partial charge in [-0.15, -0.1) is 11.3 Å². The average molecular weight is 238 g/mol. The van der Waals surface area contributed by atoms with Crippen molar-refractivity contribution in [2.75, 3.05) is 6.54 Å². The van der Waals surface area contributed by atoms with E-state index in [2.05, 4.69) is 32.7 Å². The second-order valence-corrected chi connectivity index (χ2v) is 4.29. The molecule has 0 spiro atoms. The molecule has 6 heteroatoms. The summed E-state index contributed by atoms with van der Waals surface area (Å²) in [5.74, 6) is 1.36. The molecule has 1 atom stereocenters. The molecule has 0 aliphatic rings. The normalized spacial score (nSPS) is 12.9. The van der Waals surface area contributed by atoms with Crippen molar-refractivity contribution in [1.29, 1.82) is 0 Å². The predicted octanol–water partition coefficient (Wildman–Crippen LogP) is 1.73. The van der Waals surface area contributed by atoms with Crippen LogP contribution >= 0.6 is 11.3 Å². The summed E-state index contributed by atoms with van der Waals surface area (Å²) in [6.45, 7) is 4.72. The van der Waals surface area contributed by atoms with Gasteiger partial charge in [-0.1, -0.05) is 5.16 Å². The van der Waals surface area contributed by atoms with Gasteiger partial charge in [-0.3, -0.25) is 0 Å². The number of rotatable bonds is 5. The molecule has 16 heavy (non-hydrogen) atoms. The van der Waals surface area contributed by atoms with Crippen LogP contribution in [0.4, 0.5) is 0 Å². The first-order chi connectivity index (χ1) is 7.75. The number of aryl methyl sites for hydroxylation is 1. The van der Waals surface area contributed by atoms with E-state index in [4.69, 9.17) is 4.52 Å². The van der Waals surface area contributed by atoms with Crippen molar-refractivity contribution < 1.29 is 4.52 Å². The van der Waals surface area contributed by atoms with Gasteiger partial charge < -0.3 is 9.84 Å². The van der Waals surface area contributed by atoms with E-state index in [-0.39, 0.29) is 6.04 Å². The van der Waals surface area contributed by atoms with Crippen LogP contribution in [-0.4, -0.2) is 21.7 Å². The zero-order valence-electron chi connectivity index (χ0n) is 9.30. The third-order valence-electron chi connectivity index (χ3n) is 2.25. The summed E-state index contributed by atoms with van der Waals surface area (Å²) in [4.78, 5) is 8.39. The first-order valence-corrected chi connectivity index (χ1v) is 6.10. The van der Waals surface area contributed by atoms with Gasteiger partial charge >= 0.3 is 0 Å². The SMILES string of the molecule is Cc1noc(CCNC(C)c2cscn2)n1. The van der Waals surface area contributed by atoms with Crippen LogP contribution in [0.1, 0.15) is 30.4 Å². The van der Waals surface area contributed by atoms with Crippen LogP contribution in [0.3, 0.4) is 0 Å². The van der Waals surface area contributed by atoms with E-state index in [0.29, 0.717) is 11.7 Å². The third-order valence-corrected chi connectivity index (χ3v) is 2.86. The molecule has 0 radical (unpaired) electrons. The van der Waals surface area contributed by atoms with Crippen molar-refractivity contribution in [1.82, 2.24) is 20.4 Å².